The van der Waals surface area contributed by atoms with Crippen LogP contribution in [0.25, 0.3) is 11.1 Å². The molecule has 2 heterocycles. The summed E-state index contributed by atoms with van der Waals surface area (Å²) >= 11 is 0. The summed E-state index contributed by atoms with van der Waals surface area (Å²) in [5, 5.41) is 11.8. The van der Waals surface area contributed by atoms with Gasteiger partial charge in [-0.05, 0) is 36.0 Å². The maximum Gasteiger partial charge on any atom is 0.321 e. The van der Waals surface area contributed by atoms with Crippen LogP contribution in [0, 0.1) is 11.3 Å². The number of hydrogen-bond acceptors (Lipinski definition) is 6. The third-order valence-corrected chi connectivity index (χ3v) is 5.10. The van der Waals surface area contributed by atoms with Gasteiger partial charge >= 0.3 is 12.0 Å². The minimum Gasteiger partial charge on any atom is -0.463 e. The molecule has 1 aliphatic rings. The first-order valence-corrected chi connectivity index (χ1v) is 10.1. The van der Waals surface area contributed by atoms with Crippen LogP contribution in [-0.2, 0) is 11.3 Å². The van der Waals surface area contributed by atoms with Gasteiger partial charge in [0.25, 0.3) is 0 Å². The third-order valence-electron chi connectivity index (χ3n) is 5.10. The summed E-state index contributed by atoms with van der Waals surface area (Å²) in [6, 6.07) is 7.42. The third kappa shape index (κ3) is 6.66. The van der Waals surface area contributed by atoms with Gasteiger partial charge in [0, 0.05) is 44.5 Å². The first kappa shape index (κ1) is 22.0. The van der Waals surface area contributed by atoms with Crippen molar-refractivity contribution >= 4 is 17.9 Å². The normalized spacial score (nSPS) is 14.0. The lowest BCUT2D eigenvalue weighted by atomic mass is 9.98. The highest BCUT2D eigenvalue weighted by atomic mass is 16.5. The topological polar surface area (TPSA) is 146 Å². The molecule has 1 saturated heterocycles. The minimum atomic E-state index is -0.533. The Labute approximate surface area is 180 Å². The second-order valence-electron chi connectivity index (χ2n) is 7.44. The SMILES string of the molecule is CC(=O)N1CCC(COc2ncc(-c3cccc(CNC(=O)NC(=N)N)c3)cn2)CC1. The van der Waals surface area contributed by atoms with Gasteiger partial charge in [0.05, 0.1) is 6.61 Å². The van der Waals surface area contributed by atoms with Crippen molar-refractivity contribution in [3.63, 3.8) is 0 Å². The predicted octanol–water partition coefficient (Wildman–Crippen LogP) is 1.47. The van der Waals surface area contributed by atoms with E-state index < -0.39 is 12.0 Å². The molecule has 1 aromatic heterocycles. The quantitative estimate of drug-likeness (QED) is 0.407. The van der Waals surface area contributed by atoms with Crippen LogP contribution >= 0.6 is 0 Å². The Morgan fingerprint density at radius 1 is 1.23 bits per heavy atom. The molecule has 0 saturated carbocycles. The molecule has 31 heavy (non-hydrogen) atoms. The van der Waals surface area contributed by atoms with Crippen molar-refractivity contribution in [3.8, 4) is 17.1 Å². The number of nitrogens with one attached hydrogen (secondary N) is 3. The maximum atomic E-state index is 11.5. The fourth-order valence-electron chi connectivity index (χ4n) is 3.36. The Hall–Kier alpha value is -3.69. The standard InChI is InChI=1S/C21H27N7O3/c1-14(29)28-7-5-15(6-8-28)13-31-21-25-11-18(12-26-21)17-4-2-3-16(9-17)10-24-20(30)27-19(22)23/h2-4,9,11-12,15H,5-8,10,13H2,1H3,(H5,22,23,24,27,30). The number of nitrogens with two attached hydrogens (primary N) is 1. The average Bonchev–Trinajstić information content (AvgIpc) is 2.77. The molecule has 1 aliphatic heterocycles. The van der Waals surface area contributed by atoms with Crippen LogP contribution in [0.15, 0.2) is 36.7 Å². The van der Waals surface area contributed by atoms with E-state index in [0.717, 1.165) is 42.6 Å². The fourth-order valence-corrected chi connectivity index (χ4v) is 3.36. The Morgan fingerprint density at radius 3 is 2.58 bits per heavy atom. The lowest BCUT2D eigenvalue weighted by Crippen LogP contribution is -2.42. The summed E-state index contributed by atoms with van der Waals surface area (Å²) < 4.78 is 5.74. The van der Waals surface area contributed by atoms with E-state index in [0.29, 0.717) is 18.5 Å². The molecular formula is C21H27N7O3. The van der Waals surface area contributed by atoms with Crippen molar-refractivity contribution in [2.45, 2.75) is 26.3 Å². The van der Waals surface area contributed by atoms with Crippen LogP contribution in [0.4, 0.5) is 4.79 Å². The molecule has 0 unspecified atom stereocenters. The molecule has 10 heteroatoms. The predicted molar refractivity (Wildman–Crippen MR) is 115 cm³/mol. The van der Waals surface area contributed by atoms with Crippen LogP contribution < -0.4 is 21.1 Å². The van der Waals surface area contributed by atoms with E-state index >= 15 is 0 Å². The van der Waals surface area contributed by atoms with E-state index in [2.05, 4.69) is 20.6 Å². The highest BCUT2D eigenvalue weighted by Gasteiger charge is 2.21. The molecule has 1 aromatic carbocycles. The van der Waals surface area contributed by atoms with Gasteiger partial charge in [0.1, 0.15) is 0 Å². The maximum absolute atomic E-state index is 11.5. The van der Waals surface area contributed by atoms with Crippen molar-refractivity contribution < 1.29 is 14.3 Å². The second-order valence-corrected chi connectivity index (χ2v) is 7.44. The van der Waals surface area contributed by atoms with Gasteiger partial charge in [0.2, 0.25) is 5.91 Å². The molecule has 0 spiro atoms. The molecule has 1 fully saturated rings. The summed E-state index contributed by atoms with van der Waals surface area (Å²) in [6.07, 6.45) is 5.25. The average molecular weight is 425 g/mol. The molecule has 10 nitrogen and oxygen atoms in total. The summed E-state index contributed by atoms with van der Waals surface area (Å²) in [4.78, 5) is 33.4. The molecule has 0 bridgehead atoms. The Balaban J connectivity index is 1.51. The number of amides is 3. The number of guanidine groups is 1. The van der Waals surface area contributed by atoms with Gasteiger partial charge in [0.15, 0.2) is 5.96 Å². The lowest BCUT2D eigenvalue weighted by molar-refractivity contribution is -0.130. The van der Waals surface area contributed by atoms with Crippen LogP contribution in [0.2, 0.25) is 0 Å². The molecule has 5 N–H and O–H groups in total. The summed E-state index contributed by atoms with van der Waals surface area (Å²) in [7, 11) is 0. The molecule has 164 valence electrons. The largest absolute Gasteiger partial charge is 0.463 e. The second kappa shape index (κ2) is 10.4. The van der Waals surface area contributed by atoms with Gasteiger partial charge < -0.3 is 20.7 Å². The molecular weight excluding hydrogens is 398 g/mol. The van der Waals surface area contributed by atoms with Gasteiger partial charge in [-0.3, -0.25) is 15.5 Å². The number of piperidine rings is 1. The molecule has 3 rings (SSSR count). The molecule has 0 radical (unpaired) electrons. The number of ether oxygens (including phenoxy) is 1. The molecule has 3 amide bonds. The van der Waals surface area contributed by atoms with Crippen molar-refractivity contribution in [1.82, 2.24) is 25.5 Å². The zero-order chi connectivity index (χ0) is 22.2. The zero-order valence-corrected chi connectivity index (χ0v) is 17.4. The van der Waals surface area contributed by atoms with E-state index in [-0.39, 0.29) is 12.5 Å². The number of hydrogen-bond donors (Lipinski definition) is 4. The summed E-state index contributed by atoms with van der Waals surface area (Å²) in [6.45, 7) is 3.96. The molecule has 0 aliphatic carbocycles. The van der Waals surface area contributed by atoms with E-state index in [1.807, 2.05) is 29.2 Å². The Morgan fingerprint density at radius 2 is 1.94 bits per heavy atom. The number of rotatable bonds is 6. The first-order chi connectivity index (χ1) is 14.9. The summed E-state index contributed by atoms with van der Waals surface area (Å²) in [5.41, 5.74) is 7.75. The zero-order valence-electron chi connectivity index (χ0n) is 17.4. The molecule has 0 atom stereocenters. The minimum absolute atomic E-state index is 0.123. The number of urea groups is 1. The Kier molecular flexibility index (Phi) is 7.36. The van der Waals surface area contributed by atoms with Crippen molar-refractivity contribution in [2.75, 3.05) is 19.7 Å². The van der Waals surface area contributed by atoms with E-state index in [1.165, 1.54) is 0 Å². The van der Waals surface area contributed by atoms with Gasteiger partial charge in [-0.1, -0.05) is 18.2 Å². The fraction of sp³-hybridized carbons (Fsp3) is 0.381. The number of nitrogens with zero attached hydrogens (tertiary/aromatic N) is 3. The number of benzene rings is 1. The van der Waals surface area contributed by atoms with Crippen LogP contribution in [0.1, 0.15) is 25.3 Å². The van der Waals surface area contributed by atoms with Crippen LogP contribution in [0.3, 0.4) is 0 Å². The van der Waals surface area contributed by atoms with Gasteiger partial charge in [-0.25, -0.2) is 14.8 Å². The number of aromatic nitrogens is 2. The number of carbonyl (C=O) groups excluding carboxylic acids is 2. The van der Waals surface area contributed by atoms with Crippen molar-refractivity contribution in [2.24, 2.45) is 11.7 Å². The van der Waals surface area contributed by atoms with Crippen molar-refractivity contribution in [1.29, 1.82) is 5.41 Å². The van der Waals surface area contributed by atoms with Gasteiger partial charge in [-0.15, -0.1) is 0 Å². The lowest BCUT2D eigenvalue weighted by Gasteiger charge is -2.30. The van der Waals surface area contributed by atoms with E-state index in [9.17, 15) is 9.59 Å². The van der Waals surface area contributed by atoms with E-state index in [1.54, 1.807) is 19.3 Å². The number of carbonyl (C=O) groups is 2. The highest BCUT2D eigenvalue weighted by Crippen LogP contribution is 2.21. The number of likely N-dealkylation sites (tertiary alicyclic amines) is 1. The first-order valence-electron chi connectivity index (χ1n) is 10.1. The highest BCUT2D eigenvalue weighted by molar-refractivity contribution is 5.93. The smallest absolute Gasteiger partial charge is 0.321 e. The Bertz CT molecular complexity index is 925. The van der Waals surface area contributed by atoms with Gasteiger partial charge in [-0.2, -0.15) is 0 Å². The van der Waals surface area contributed by atoms with Crippen molar-refractivity contribution in [3.05, 3.63) is 42.2 Å². The van der Waals surface area contributed by atoms with Crippen LogP contribution in [0.5, 0.6) is 6.01 Å². The van der Waals surface area contributed by atoms with E-state index in [4.69, 9.17) is 15.9 Å². The molecule has 2 aromatic rings. The summed E-state index contributed by atoms with van der Waals surface area (Å²) in [5.74, 6) is 0.105. The van der Waals surface area contributed by atoms with Crippen LogP contribution in [-0.4, -0.2) is 52.5 Å². The monoisotopic (exact) mass is 425 g/mol.